The van der Waals surface area contributed by atoms with E-state index in [1.54, 1.807) is 65.8 Å². The molecule has 3 aliphatic rings. The molecule has 6 unspecified atom stereocenters. The standard InChI is InChI=1S/C49H63N5O12/c1-9-25-61-34-21-22-39-37(28-34)41-35(16-12-14-24-56)32(15-11-13-23-55)27-36-38(51-63-30-31-17-19-33(20-18-31)54(59)60)29-40(49(64-39,42(36)41)62-26-10-2)53-44(46(58)66-48(6,7)8)43(50-52-53)45(57)65-47(3,4)5/h9-10,17-22,27-28,32,35,40-42,55-56H,1-2,11-16,23-26,29-30H2,3-8H3. The number of allylic oxidation sites excluding steroid dienone is 1. The summed E-state index contributed by atoms with van der Waals surface area (Å²) in [4.78, 5) is 45.5. The molecule has 17 nitrogen and oxygen atoms in total. The van der Waals surface area contributed by atoms with Gasteiger partial charge in [-0.1, -0.05) is 48.0 Å². The minimum atomic E-state index is -1.68. The van der Waals surface area contributed by atoms with Gasteiger partial charge in [-0.2, -0.15) is 0 Å². The number of aromatic nitrogens is 3. The number of carbonyl (C=O) groups is 2. The van der Waals surface area contributed by atoms with Gasteiger partial charge < -0.3 is 38.7 Å². The monoisotopic (exact) mass is 913 g/mol. The normalized spacial score (nSPS) is 22.8. The molecule has 1 aliphatic heterocycles. The molecule has 6 rings (SSSR count). The lowest BCUT2D eigenvalue weighted by molar-refractivity contribution is -0.384. The molecule has 0 amide bonds. The van der Waals surface area contributed by atoms with Crippen LogP contribution in [0.3, 0.4) is 0 Å². The van der Waals surface area contributed by atoms with Crippen molar-refractivity contribution in [2.24, 2.45) is 22.9 Å². The summed E-state index contributed by atoms with van der Waals surface area (Å²) < 4.78 is 33.4. The van der Waals surface area contributed by atoms with E-state index in [2.05, 4.69) is 29.5 Å². The summed E-state index contributed by atoms with van der Waals surface area (Å²) in [6, 6.07) is 10.5. The molecule has 1 saturated carbocycles. The Morgan fingerprint density at radius 3 is 2.26 bits per heavy atom. The van der Waals surface area contributed by atoms with Gasteiger partial charge in [0.05, 0.1) is 23.2 Å². The highest BCUT2D eigenvalue weighted by Crippen LogP contribution is 2.63. The second-order valence-corrected chi connectivity index (χ2v) is 18.8. The Balaban J connectivity index is 1.64. The molecular weight excluding hydrogens is 851 g/mol. The fraction of sp³-hybridized carbons (Fsp3) is 0.531. The first-order valence-corrected chi connectivity index (χ1v) is 22.5. The number of ether oxygens (including phenoxy) is 5. The van der Waals surface area contributed by atoms with Gasteiger partial charge >= 0.3 is 11.9 Å². The van der Waals surface area contributed by atoms with E-state index in [9.17, 15) is 29.9 Å². The average molecular weight is 914 g/mol. The molecule has 0 saturated heterocycles. The molecule has 66 heavy (non-hydrogen) atoms. The predicted molar refractivity (Wildman–Crippen MR) is 244 cm³/mol. The van der Waals surface area contributed by atoms with E-state index in [4.69, 9.17) is 33.7 Å². The van der Waals surface area contributed by atoms with Crippen LogP contribution < -0.4 is 9.47 Å². The van der Waals surface area contributed by atoms with Gasteiger partial charge in [0.25, 0.3) is 5.69 Å². The van der Waals surface area contributed by atoms with Crippen molar-refractivity contribution in [3.63, 3.8) is 0 Å². The van der Waals surface area contributed by atoms with E-state index in [-0.39, 0.29) is 74.3 Å². The van der Waals surface area contributed by atoms with Crippen molar-refractivity contribution in [2.75, 3.05) is 26.4 Å². The molecule has 1 aromatic heterocycles. The Labute approximate surface area is 385 Å². The van der Waals surface area contributed by atoms with Crippen LogP contribution in [0.2, 0.25) is 0 Å². The highest BCUT2D eigenvalue weighted by molar-refractivity contribution is 6.03. The van der Waals surface area contributed by atoms with E-state index in [1.807, 2.05) is 18.2 Å². The van der Waals surface area contributed by atoms with Gasteiger partial charge in [0, 0.05) is 43.2 Å². The molecule has 3 aromatic rings. The number of nitrogens with zero attached hydrogens (tertiary/aromatic N) is 5. The maximum absolute atomic E-state index is 14.5. The van der Waals surface area contributed by atoms with Crippen LogP contribution in [0, 0.1) is 27.9 Å². The van der Waals surface area contributed by atoms with Crippen LogP contribution >= 0.6 is 0 Å². The third-order valence-electron chi connectivity index (χ3n) is 11.7. The molecular formula is C49H63N5O12. The Morgan fingerprint density at radius 1 is 0.955 bits per heavy atom. The molecule has 0 bridgehead atoms. The third kappa shape index (κ3) is 11.2. The zero-order valence-electron chi connectivity index (χ0n) is 38.8. The number of fused-ring (bicyclic) bond motifs is 2. The van der Waals surface area contributed by atoms with E-state index < -0.39 is 45.8 Å². The topological polar surface area (TPSA) is 216 Å². The Hall–Kier alpha value is -5.91. The number of nitro benzene ring substituents is 1. The van der Waals surface area contributed by atoms with Gasteiger partial charge in [0.2, 0.25) is 11.5 Å². The SMILES string of the molecule is C=CCOc1ccc2c(c1)C1C(CCCCO)C(CCCCO)C=C3C(=NOCc4ccc([N+](=O)[O-])cc4)CC(n4nnc(C(=O)OC(C)(C)C)c4C(=O)OC(C)(C)C)C(OCC=C)(O2)C31. The Kier molecular flexibility index (Phi) is 15.9. The van der Waals surface area contributed by atoms with Crippen molar-refractivity contribution in [1.82, 2.24) is 15.0 Å². The molecule has 2 aromatic carbocycles. The van der Waals surface area contributed by atoms with Crippen LogP contribution in [0.5, 0.6) is 11.5 Å². The third-order valence-corrected chi connectivity index (χ3v) is 11.7. The number of aliphatic hydroxyl groups is 2. The molecule has 356 valence electrons. The number of oxime groups is 1. The number of carbonyl (C=O) groups excluding carboxylic acids is 2. The van der Waals surface area contributed by atoms with Gasteiger partial charge in [-0.25, -0.2) is 14.3 Å². The Morgan fingerprint density at radius 2 is 1.62 bits per heavy atom. The van der Waals surface area contributed by atoms with Crippen LogP contribution in [0.25, 0.3) is 0 Å². The molecule has 2 N–H and O–H groups in total. The summed E-state index contributed by atoms with van der Waals surface area (Å²) in [7, 11) is 0. The minimum Gasteiger partial charge on any atom is -0.490 e. The second-order valence-electron chi connectivity index (χ2n) is 18.8. The van der Waals surface area contributed by atoms with Gasteiger partial charge in [-0.3, -0.25) is 10.1 Å². The van der Waals surface area contributed by atoms with Crippen molar-refractivity contribution in [2.45, 2.75) is 122 Å². The van der Waals surface area contributed by atoms with Crippen LogP contribution in [0.15, 0.2) is 84.6 Å². The maximum Gasteiger partial charge on any atom is 0.362 e. The van der Waals surface area contributed by atoms with E-state index in [0.29, 0.717) is 48.5 Å². The van der Waals surface area contributed by atoms with E-state index >= 15 is 0 Å². The number of esters is 2. The lowest BCUT2D eigenvalue weighted by Crippen LogP contribution is -2.63. The molecule has 1 fully saturated rings. The van der Waals surface area contributed by atoms with Crippen LogP contribution in [0.1, 0.15) is 131 Å². The number of rotatable bonds is 21. The number of benzene rings is 2. The van der Waals surface area contributed by atoms with Gasteiger partial charge in [-0.15, -0.1) is 11.7 Å². The molecule has 0 spiro atoms. The lowest BCUT2D eigenvalue weighted by Gasteiger charge is -2.58. The van der Waals surface area contributed by atoms with Gasteiger partial charge in [-0.05, 0) is 121 Å². The summed E-state index contributed by atoms with van der Waals surface area (Å²) in [6.07, 6.45) is 9.51. The number of unbranched alkanes of at least 4 members (excludes halogenated alkanes) is 2. The fourth-order valence-corrected chi connectivity index (χ4v) is 9.21. The largest absolute Gasteiger partial charge is 0.490 e. The zero-order chi connectivity index (χ0) is 47.8. The quantitative estimate of drug-likeness (QED) is 0.0338. The number of nitro groups is 1. The van der Waals surface area contributed by atoms with E-state index in [0.717, 1.165) is 24.0 Å². The second kappa shape index (κ2) is 21.2. The van der Waals surface area contributed by atoms with Gasteiger partial charge in [0.1, 0.15) is 42.0 Å². The smallest absolute Gasteiger partial charge is 0.362 e. The number of aliphatic hydroxyl groups excluding tert-OH is 2. The zero-order valence-corrected chi connectivity index (χ0v) is 38.8. The van der Waals surface area contributed by atoms with Crippen molar-refractivity contribution in [3.05, 3.63) is 112 Å². The van der Waals surface area contributed by atoms with Crippen molar-refractivity contribution in [1.29, 1.82) is 0 Å². The maximum atomic E-state index is 14.5. The number of non-ortho nitro benzene ring substituents is 1. The summed E-state index contributed by atoms with van der Waals surface area (Å²) in [5, 5.41) is 44.9. The fourth-order valence-electron chi connectivity index (χ4n) is 9.21. The molecule has 17 heteroatoms. The van der Waals surface area contributed by atoms with Crippen LogP contribution in [-0.4, -0.2) is 91.2 Å². The predicted octanol–water partition coefficient (Wildman–Crippen LogP) is 8.37. The first kappa shape index (κ1) is 49.5. The molecule has 2 heterocycles. The van der Waals surface area contributed by atoms with Crippen molar-refractivity contribution >= 4 is 23.3 Å². The number of hydrogen-bond acceptors (Lipinski definition) is 15. The summed E-state index contributed by atoms with van der Waals surface area (Å²) >= 11 is 0. The summed E-state index contributed by atoms with van der Waals surface area (Å²) in [5.41, 5.74) is 0.0708. The first-order valence-electron chi connectivity index (χ1n) is 22.5. The lowest BCUT2D eigenvalue weighted by atomic mass is 9.55. The number of hydrogen-bond donors (Lipinski definition) is 2. The highest BCUT2D eigenvalue weighted by Gasteiger charge is 2.65. The van der Waals surface area contributed by atoms with Crippen molar-refractivity contribution < 1.29 is 53.2 Å². The summed E-state index contributed by atoms with van der Waals surface area (Å²) in [6.45, 7) is 18.3. The highest BCUT2D eigenvalue weighted by atomic mass is 16.7. The van der Waals surface area contributed by atoms with E-state index in [1.165, 1.54) is 16.8 Å². The molecule has 6 atom stereocenters. The molecule has 0 radical (unpaired) electrons. The van der Waals surface area contributed by atoms with Crippen LogP contribution in [0.4, 0.5) is 5.69 Å². The Bertz CT molecular complexity index is 2290. The molecule has 2 aliphatic carbocycles. The van der Waals surface area contributed by atoms with Crippen molar-refractivity contribution in [3.8, 4) is 11.5 Å². The summed E-state index contributed by atoms with van der Waals surface area (Å²) in [5.74, 6) is -3.54. The average Bonchev–Trinajstić information content (AvgIpc) is 3.71. The first-order chi connectivity index (χ1) is 31.4. The minimum absolute atomic E-state index is 0.00349. The van der Waals surface area contributed by atoms with Gasteiger partial charge in [0.15, 0.2) is 5.69 Å². The van der Waals surface area contributed by atoms with Crippen LogP contribution in [-0.2, 0) is 25.7 Å².